The standard InChI is InChI=1S/C14H21N3O3.ClH/c15-14(19)12-3-2-11(20-12)9-17-13(18)4-1-10-5-7-16-8-6-10;/h2-3,10,16H,1,4-9H2,(H2,15,19)(H,17,18);1H. The molecule has 0 bridgehead atoms. The lowest BCUT2D eigenvalue weighted by molar-refractivity contribution is -0.121. The van der Waals surface area contributed by atoms with E-state index in [1.165, 1.54) is 6.07 Å². The highest BCUT2D eigenvalue weighted by Crippen LogP contribution is 2.17. The zero-order chi connectivity index (χ0) is 14.4. The number of amides is 2. The summed E-state index contributed by atoms with van der Waals surface area (Å²) in [6.07, 6.45) is 3.76. The van der Waals surface area contributed by atoms with E-state index in [1.807, 2.05) is 0 Å². The van der Waals surface area contributed by atoms with Crippen molar-refractivity contribution >= 4 is 24.2 Å². The van der Waals surface area contributed by atoms with E-state index in [-0.39, 0.29) is 24.1 Å². The maximum atomic E-state index is 11.7. The molecule has 2 rings (SSSR count). The number of halogens is 1. The van der Waals surface area contributed by atoms with Crippen LogP contribution in [-0.2, 0) is 11.3 Å². The van der Waals surface area contributed by atoms with Gasteiger partial charge in [0.05, 0.1) is 6.54 Å². The van der Waals surface area contributed by atoms with Crippen LogP contribution in [0.1, 0.15) is 42.0 Å². The Hall–Kier alpha value is -1.53. The minimum atomic E-state index is -0.603. The van der Waals surface area contributed by atoms with E-state index in [4.69, 9.17) is 10.2 Å². The van der Waals surface area contributed by atoms with Crippen LogP contribution in [0.25, 0.3) is 0 Å². The Morgan fingerprint density at radius 2 is 2.05 bits per heavy atom. The van der Waals surface area contributed by atoms with Gasteiger partial charge in [-0.1, -0.05) is 0 Å². The van der Waals surface area contributed by atoms with Crippen LogP contribution < -0.4 is 16.4 Å². The van der Waals surface area contributed by atoms with Gasteiger partial charge in [-0.2, -0.15) is 0 Å². The molecule has 7 heteroatoms. The van der Waals surface area contributed by atoms with Crippen molar-refractivity contribution in [1.29, 1.82) is 0 Å². The summed E-state index contributed by atoms with van der Waals surface area (Å²) in [5.74, 6) is 0.707. The molecule has 2 amide bonds. The topological polar surface area (TPSA) is 97.4 Å². The first-order chi connectivity index (χ1) is 9.65. The van der Waals surface area contributed by atoms with Crippen LogP contribution >= 0.6 is 12.4 Å². The second-order valence-corrected chi connectivity index (χ2v) is 5.14. The number of primary amides is 1. The van der Waals surface area contributed by atoms with E-state index in [0.29, 0.717) is 24.6 Å². The quantitative estimate of drug-likeness (QED) is 0.734. The molecule has 0 spiro atoms. The number of hydrogen-bond donors (Lipinski definition) is 3. The number of nitrogens with one attached hydrogen (secondary N) is 2. The smallest absolute Gasteiger partial charge is 0.284 e. The highest BCUT2D eigenvalue weighted by Gasteiger charge is 2.14. The molecule has 1 aromatic rings. The first-order valence-electron chi connectivity index (χ1n) is 7.01. The minimum absolute atomic E-state index is 0. The fraction of sp³-hybridized carbons (Fsp3) is 0.571. The van der Waals surface area contributed by atoms with E-state index < -0.39 is 5.91 Å². The molecule has 1 aliphatic heterocycles. The zero-order valence-corrected chi connectivity index (χ0v) is 12.7. The first-order valence-corrected chi connectivity index (χ1v) is 7.01. The van der Waals surface area contributed by atoms with Crippen molar-refractivity contribution in [3.63, 3.8) is 0 Å². The van der Waals surface area contributed by atoms with Crippen LogP contribution in [0.5, 0.6) is 0 Å². The maximum absolute atomic E-state index is 11.7. The van der Waals surface area contributed by atoms with Crippen molar-refractivity contribution in [1.82, 2.24) is 10.6 Å². The number of hydrogen-bond acceptors (Lipinski definition) is 4. The van der Waals surface area contributed by atoms with Crippen molar-refractivity contribution in [3.05, 3.63) is 23.7 Å². The van der Waals surface area contributed by atoms with Crippen molar-refractivity contribution in [2.24, 2.45) is 11.7 Å². The molecule has 1 saturated heterocycles. The third-order valence-electron chi connectivity index (χ3n) is 3.60. The summed E-state index contributed by atoms with van der Waals surface area (Å²) in [6.45, 7) is 2.39. The molecular formula is C14H22ClN3O3. The van der Waals surface area contributed by atoms with Crippen LogP contribution in [0.2, 0.25) is 0 Å². The van der Waals surface area contributed by atoms with E-state index in [9.17, 15) is 9.59 Å². The number of carbonyl (C=O) groups excluding carboxylic acids is 2. The van der Waals surface area contributed by atoms with Gasteiger partial charge in [0.25, 0.3) is 5.91 Å². The Morgan fingerprint density at radius 3 is 2.67 bits per heavy atom. The van der Waals surface area contributed by atoms with E-state index in [0.717, 1.165) is 32.4 Å². The van der Waals surface area contributed by atoms with Gasteiger partial charge >= 0.3 is 0 Å². The van der Waals surface area contributed by atoms with Crippen molar-refractivity contribution < 1.29 is 14.0 Å². The van der Waals surface area contributed by atoms with Crippen molar-refractivity contribution in [2.45, 2.75) is 32.2 Å². The molecular weight excluding hydrogens is 294 g/mol. The van der Waals surface area contributed by atoms with E-state index in [2.05, 4.69) is 10.6 Å². The molecule has 0 atom stereocenters. The summed E-state index contributed by atoms with van der Waals surface area (Å²) >= 11 is 0. The molecule has 0 radical (unpaired) electrons. The van der Waals surface area contributed by atoms with Gasteiger partial charge < -0.3 is 20.8 Å². The third kappa shape index (κ3) is 5.77. The predicted molar refractivity (Wildman–Crippen MR) is 81.1 cm³/mol. The second-order valence-electron chi connectivity index (χ2n) is 5.14. The van der Waals surface area contributed by atoms with Gasteiger partial charge in [0.2, 0.25) is 5.91 Å². The Balaban J connectivity index is 0.00000220. The molecule has 2 heterocycles. The molecule has 0 aromatic carbocycles. The van der Waals surface area contributed by atoms with Crippen LogP contribution in [0, 0.1) is 5.92 Å². The number of rotatable bonds is 6. The normalized spacial score (nSPS) is 15.2. The molecule has 0 saturated carbocycles. The summed E-state index contributed by atoms with van der Waals surface area (Å²) in [7, 11) is 0. The maximum Gasteiger partial charge on any atom is 0.284 e. The van der Waals surface area contributed by atoms with Gasteiger partial charge in [-0.3, -0.25) is 9.59 Å². The van der Waals surface area contributed by atoms with Gasteiger partial charge in [-0.15, -0.1) is 12.4 Å². The Morgan fingerprint density at radius 1 is 1.33 bits per heavy atom. The average Bonchev–Trinajstić information content (AvgIpc) is 2.93. The second kappa shape index (κ2) is 8.69. The average molecular weight is 316 g/mol. The Bertz CT molecular complexity index is 470. The van der Waals surface area contributed by atoms with Gasteiger partial charge in [-0.05, 0) is 50.4 Å². The highest BCUT2D eigenvalue weighted by atomic mass is 35.5. The highest BCUT2D eigenvalue weighted by molar-refractivity contribution is 5.89. The molecule has 21 heavy (non-hydrogen) atoms. The summed E-state index contributed by atoms with van der Waals surface area (Å²) in [4.78, 5) is 22.6. The summed E-state index contributed by atoms with van der Waals surface area (Å²) in [6, 6.07) is 3.16. The summed E-state index contributed by atoms with van der Waals surface area (Å²) < 4.78 is 5.19. The van der Waals surface area contributed by atoms with Crippen LogP contribution in [-0.4, -0.2) is 24.9 Å². The first kappa shape index (κ1) is 17.5. The number of piperidine rings is 1. The van der Waals surface area contributed by atoms with Gasteiger partial charge in [0.15, 0.2) is 5.76 Å². The fourth-order valence-corrected chi connectivity index (χ4v) is 2.39. The molecule has 1 aliphatic rings. The number of nitrogens with two attached hydrogens (primary N) is 1. The van der Waals surface area contributed by atoms with Crippen molar-refractivity contribution in [2.75, 3.05) is 13.1 Å². The molecule has 6 nitrogen and oxygen atoms in total. The number of furan rings is 1. The van der Waals surface area contributed by atoms with Gasteiger partial charge in [0, 0.05) is 6.42 Å². The fourth-order valence-electron chi connectivity index (χ4n) is 2.39. The monoisotopic (exact) mass is 315 g/mol. The molecule has 4 N–H and O–H groups in total. The molecule has 1 aromatic heterocycles. The summed E-state index contributed by atoms with van der Waals surface area (Å²) in [5.41, 5.74) is 5.09. The number of carbonyl (C=O) groups is 2. The molecule has 118 valence electrons. The zero-order valence-electron chi connectivity index (χ0n) is 11.9. The van der Waals surface area contributed by atoms with Crippen LogP contribution in [0.3, 0.4) is 0 Å². The lowest BCUT2D eigenvalue weighted by Gasteiger charge is -2.22. The Labute approximate surface area is 130 Å². The van der Waals surface area contributed by atoms with Crippen molar-refractivity contribution in [3.8, 4) is 0 Å². The lowest BCUT2D eigenvalue weighted by atomic mass is 9.93. The minimum Gasteiger partial charge on any atom is -0.454 e. The predicted octanol–water partition coefficient (Wildman–Crippen LogP) is 1.20. The summed E-state index contributed by atoms with van der Waals surface area (Å²) in [5, 5.41) is 6.10. The van der Waals surface area contributed by atoms with E-state index >= 15 is 0 Å². The SMILES string of the molecule is Cl.NC(=O)c1ccc(CNC(=O)CCC2CCNCC2)o1. The van der Waals surface area contributed by atoms with Crippen LogP contribution in [0.15, 0.2) is 16.5 Å². The molecule has 0 unspecified atom stereocenters. The Kier molecular flexibility index (Phi) is 7.25. The third-order valence-corrected chi connectivity index (χ3v) is 3.60. The van der Waals surface area contributed by atoms with Crippen LogP contribution in [0.4, 0.5) is 0 Å². The molecule has 0 aliphatic carbocycles. The molecule has 1 fully saturated rings. The van der Waals surface area contributed by atoms with Gasteiger partial charge in [-0.25, -0.2) is 0 Å². The lowest BCUT2D eigenvalue weighted by Crippen LogP contribution is -2.29. The van der Waals surface area contributed by atoms with Gasteiger partial charge in [0.1, 0.15) is 5.76 Å². The largest absolute Gasteiger partial charge is 0.454 e. The van der Waals surface area contributed by atoms with E-state index in [1.54, 1.807) is 6.07 Å².